The van der Waals surface area contributed by atoms with Gasteiger partial charge in [0.25, 0.3) is 0 Å². The number of rotatable bonds is 7. The number of hydrogen-bond acceptors (Lipinski definition) is 7. The van der Waals surface area contributed by atoms with Crippen LogP contribution in [-0.4, -0.2) is 83.2 Å². The van der Waals surface area contributed by atoms with Crippen molar-refractivity contribution in [1.82, 2.24) is 20.0 Å². The minimum absolute atomic E-state index is 0.263. The van der Waals surface area contributed by atoms with Crippen molar-refractivity contribution in [2.45, 2.75) is 55.4 Å². The summed E-state index contributed by atoms with van der Waals surface area (Å²) in [4.78, 5) is 43.8. The maximum atomic E-state index is 13.6. The molecule has 2 amide bonds. The molecule has 3 aliphatic rings. The SMILES string of the molecule is CCCN1CN(C(C(=O)NC2C(=O)N3[C@@H]2SC(C)(C)[C@@H]3C(=O)O)c2ccccc2)CSC1=S. The van der Waals surface area contributed by atoms with E-state index >= 15 is 0 Å². The van der Waals surface area contributed by atoms with Gasteiger partial charge in [-0.2, -0.15) is 0 Å². The fourth-order valence-corrected chi connectivity index (χ4v) is 7.45. The van der Waals surface area contributed by atoms with Crippen molar-refractivity contribution in [3.8, 4) is 0 Å². The molecule has 0 aromatic heterocycles. The van der Waals surface area contributed by atoms with Gasteiger partial charge in [0.1, 0.15) is 27.8 Å². The van der Waals surface area contributed by atoms with Gasteiger partial charge in [0.15, 0.2) is 0 Å². The Labute approximate surface area is 207 Å². The molecule has 4 rings (SSSR count). The van der Waals surface area contributed by atoms with Crippen LogP contribution in [0.4, 0.5) is 0 Å². The number of nitrogens with zero attached hydrogens (tertiary/aromatic N) is 3. The summed E-state index contributed by atoms with van der Waals surface area (Å²) in [5.74, 6) is -1.05. The number of amides is 2. The van der Waals surface area contributed by atoms with Crippen molar-refractivity contribution in [3.05, 3.63) is 35.9 Å². The predicted octanol–water partition coefficient (Wildman–Crippen LogP) is 2.32. The minimum atomic E-state index is -1.02. The van der Waals surface area contributed by atoms with E-state index in [0.29, 0.717) is 12.5 Å². The Morgan fingerprint density at radius 2 is 2.00 bits per heavy atom. The topological polar surface area (TPSA) is 93.2 Å². The van der Waals surface area contributed by atoms with Gasteiger partial charge in [0.05, 0.1) is 12.5 Å². The Morgan fingerprint density at radius 3 is 2.64 bits per heavy atom. The van der Waals surface area contributed by atoms with Crippen molar-refractivity contribution in [1.29, 1.82) is 0 Å². The van der Waals surface area contributed by atoms with Crippen molar-refractivity contribution >= 4 is 57.8 Å². The highest BCUT2D eigenvalue weighted by Gasteiger charge is 2.64. The summed E-state index contributed by atoms with van der Waals surface area (Å²) in [6.45, 7) is 7.08. The monoisotopic (exact) mass is 508 g/mol. The summed E-state index contributed by atoms with van der Waals surface area (Å²) < 4.78 is 0.194. The lowest BCUT2D eigenvalue weighted by atomic mass is 9.95. The third kappa shape index (κ3) is 4.48. The predicted molar refractivity (Wildman–Crippen MR) is 134 cm³/mol. The number of fused-ring (bicyclic) bond motifs is 1. The smallest absolute Gasteiger partial charge is 0.327 e. The molecular weight excluding hydrogens is 480 g/mol. The Balaban J connectivity index is 1.54. The van der Waals surface area contributed by atoms with E-state index in [9.17, 15) is 19.5 Å². The first-order valence-corrected chi connectivity index (χ1v) is 13.2. The average molecular weight is 509 g/mol. The summed E-state index contributed by atoms with van der Waals surface area (Å²) in [7, 11) is 0. The molecule has 3 fully saturated rings. The van der Waals surface area contributed by atoms with E-state index in [0.717, 1.165) is 22.8 Å². The zero-order valence-corrected chi connectivity index (χ0v) is 21.2. The number of hydrogen-bond donors (Lipinski definition) is 2. The van der Waals surface area contributed by atoms with Gasteiger partial charge in [-0.15, -0.1) is 11.8 Å². The molecule has 8 nitrogen and oxygen atoms in total. The van der Waals surface area contributed by atoms with Crippen molar-refractivity contribution < 1.29 is 19.5 Å². The van der Waals surface area contributed by atoms with Crippen LogP contribution in [0, 0.1) is 0 Å². The molecule has 0 spiro atoms. The fraction of sp³-hybridized carbons (Fsp3) is 0.545. The highest BCUT2D eigenvalue weighted by atomic mass is 32.2. The van der Waals surface area contributed by atoms with Crippen LogP contribution in [0.1, 0.15) is 38.8 Å². The number of β-lactam (4-membered cyclic amide) rings is 1. The van der Waals surface area contributed by atoms with Gasteiger partial charge in [-0.3, -0.25) is 14.5 Å². The van der Waals surface area contributed by atoms with Gasteiger partial charge < -0.3 is 20.2 Å². The Hall–Kier alpha value is -1.82. The molecule has 0 radical (unpaired) electrons. The molecule has 2 N–H and O–H groups in total. The lowest BCUT2D eigenvalue weighted by Gasteiger charge is -2.45. The number of thioether (sulfide) groups is 2. The highest BCUT2D eigenvalue weighted by molar-refractivity contribution is 8.22. The third-order valence-electron chi connectivity index (χ3n) is 6.16. The highest BCUT2D eigenvalue weighted by Crippen LogP contribution is 2.50. The molecule has 1 aromatic carbocycles. The number of benzene rings is 1. The molecule has 178 valence electrons. The van der Waals surface area contributed by atoms with Crippen LogP contribution in [0.3, 0.4) is 0 Å². The largest absolute Gasteiger partial charge is 0.480 e. The van der Waals surface area contributed by atoms with Gasteiger partial charge in [0.2, 0.25) is 11.8 Å². The molecule has 33 heavy (non-hydrogen) atoms. The zero-order valence-electron chi connectivity index (χ0n) is 18.8. The Morgan fingerprint density at radius 1 is 1.30 bits per heavy atom. The van der Waals surface area contributed by atoms with Crippen LogP contribution in [0.5, 0.6) is 0 Å². The van der Waals surface area contributed by atoms with Crippen molar-refractivity contribution in [3.63, 3.8) is 0 Å². The van der Waals surface area contributed by atoms with Crippen LogP contribution in [0.25, 0.3) is 0 Å². The quantitative estimate of drug-likeness (QED) is 0.425. The van der Waals surface area contributed by atoms with E-state index in [1.165, 1.54) is 28.4 Å². The Bertz CT molecular complexity index is 960. The average Bonchev–Trinajstić information content (AvgIpc) is 3.03. The van der Waals surface area contributed by atoms with Gasteiger partial charge in [0, 0.05) is 11.3 Å². The number of carboxylic acids is 1. The third-order valence-corrected chi connectivity index (χ3v) is 9.31. The second-order valence-corrected chi connectivity index (χ2v) is 12.3. The van der Waals surface area contributed by atoms with E-state index in [-0.39, 0.29) is 17.2 Å². The van der Waals surface area contributed by atoms with E-state index < -0.39 is 28.8 Å². The zero-order chi connectivity index (χ0) is 23.9. The number of thiocarbonyl (C=S) groups is 1. The molecule has 3 heterocycles. The number of aliphatic carboxylic acids is 1. The number of carbonyl (C=O) groups is 3. The number of carboxylic acid groups (broad SMARTS) is 1. The number of carbonyl (C=O) groups excluding carboxylic acids is 2. The van der Waals surface area contributed by atoms with Gasteiger partial charge in [-0.05, 0) is 25.8 Å². The van der Waals surface area contributed by atoms with Gasteiger partial charge in [-0.25, -0.2) is 4.79 Å². The normalized spacial score (nSPS) is 27.7. The van der Waals surface area contributed by atoms with Crippen LogP contribution in [0.2, 0.25) is 0 Å². The van der Waals surface area contributed by atoms with E-state index in [4.69, 9.17) is 12.2 Å². The maximum Gasteiger partial charge on any atom is 0.327 e. The van der Waals surface area contributed by atoms with Gasteiger partial charge in [-0.1, -0.05) is 61.2 Å². The molecule has 0 saturated carbocycles. The summed E-state index contributed by atoms with van der Waals surface area (Å²) in [5, 5.41) is 12.2. The lowest BCUT2D eigenvalue weighted by molar-refractivity contribution is -0.161. The first kappa shape index (κ1) is 24.3. The maximum absolute atomic E-state index is 13.6. The standard InChI is InChI=1S/C22H28N4O4S3/c1-4-10-24-11-25(12-32-21(24)31)15(13-8-6-5-7-9-13)17(27)23-14-18(28)26-16(20(29)30)22(2,3)33-19(14)26/h5-9,14-16,19H,4,10-12H2,1-3H3,(H,23,27)(H,29,30)/t14?,15?,16-,19+/m0/s1. The molecule has 2 unspecified atom stereocenters. The fourth-order valence-electron chi connectivity index (χ4n) is 4.68. The van der Waals surface area contributed by atoms with Crippen LogP contribution >= 0.6 is 35.7 Å². The minimum Gasteiger partial charge on any atom is -0.480 e. The van der Waals surface area contributed by atoms with E-state index in [1.54, 1.807) is 0 Å². The van der Waals surface area contributed by atoms with Crippen molar-refractivity contribution in [2.75, 3.05) is 19.1 Å². The van der Waals surface area contributed by atoms with E-state index in [2.05, 4.69) is 22.0 Å². The number of nitrogens with one attached hydrogen (secondary N) is 1. The summed E-state index contributed by atoms with van der Waals surface area (Å²) in [6.07, 6.45) is 0.947. The molecule has 0 bridgehead atoms. The molecule has 1 aromatic rings. The Kier molecular flexibility index (Phi) is 6.95. The lowest BCUT2D eigenvalue weighted by Crippen LogP contribution is -2.71. The molecule has 0 aliphatic carbocycles. The van der Waals surface area contributed by atoms with Crippen LogP contribution in [-0.2, 0) is 14.4 Å². The molecule has 3 saturated heterocycles. The molecule has 3 aliphatic heterocycles. The molecule has 11 heteroatoms. The van der Waals surface area contributed by atoms with Crippen LogP contribution < -0.4 is 5.32 Å². The van der Waals surface area contributed by atoms with Crippen molar-refractivity contribution in [2.24, 2.45) is 0 Å². The van der Waals surface area contributed by atoms with E-state index in [1.807, 2.05) is 44.2 Å². The van der Waals surface area contributed by atoms with Gasteiger partial charge >= 0.3 is 5.97 Å². The molecular formula is C22H28N4O4S3. The first-order chi connectivity index (χ1) is 15.7. The summed E-state index contributed by atoms with van der Waals surface area (Å²) >= 11 is 8.45. The van der Waals surface area contributed by atoms with Crippen LogP contribution in [0.15, 0.2) is 30.3 Å². The second-order valence-electron chi connectivity index (χ2n) is 8.93. The first-order valence-electron chi connectivity index (χ1n) is 10.9. The second kappa shape index (κ2) is 9.44. The molecule has 4 atom stereocenters. The summed E-state index contributed by atoms with van der Waals surface area (Å²) in [6, 6.07) is 7.29. The summed E-state index contributed by atoms with van der Waals surface area (Å²) in [5.41, 5.74) is 0.839.